The third-order valence-electron chi connectivity index (χ3n) is 5.36. The molecule has 0 saturated carbocycles. The van der Waals surface area contributed by atoms with Crippen LogP contribution in [0.5, 0.6) is 0 Å². The molecule has 2 aromatic carbocycles. The Balaban J connectivity index is 1.61. The molecule has 2 aromatic rings. The average molecular weight is 499 g/mol. The van der Waals surface area contributed by atoms with Crippen molar-refractivity contribution in [1.29, 1.82) is 0 Å². The summed E-state index contributed by atoms with van der Waals surface area (Å²) in [5, 5.41) is 0. The average Bonchev–Trinajstić information content (AvgIpc) is 2.72. The Bertz CT molecular complexity index is 1350. The normalized spacial score (nSPS) is 17.9. The van der Waals surface area contributed by atoms with E-state index >= 15 is 0 Å². The Kier molecular flexibility index (Phi) is 6.04. The topological polar surface area (TPSA) is 83.6 Å². The van der Waals surface area contributed by atoms with Gasteiger partial charge in [-0.1, -0.05) is 24.3 Å². The Morgan fingerprint density at radius 3 is 2.55 bits per heavy atom. The van der Waals surface area contributed by atoms with Crippen LogP contribution in [0.15, 0.2) is 65.6 Å². The Morgan fingerprint density at radius 1 is 1.06 bits per heavy atom. The van der Waals surface area contributed by atoms with Crippen LogP contribution in [0, 0.1) is 5.82 Å². The van der Waals surface area contributed by atoms with Crippen molar-refractivity contribution in [3.63, 3.8) is 0 Å². The zero-order valence-electron chi connectivity index (χ0n) is 17.3. The second kappa shape index (κ2) is 8.53. The molecule has 1 aliphatic carbocycles. The van der Waals surface area contributed by atoms with Gasteiger partial charge in [-0.05, 0) is 60.4 Å². The molecule has 0 aromatic heterocycles. The molecule has 6 nitrogen and oxygen atoms in total. The number of hydrogen-bond acceptors (Lipinski definition) is 4. The van der Waals surface area contributed by atoms with Gasteiger partial charge in [0.15, 0.2) is 0 Å². The molecule has 33 heavy (non-hydrogen) atoms. The van der Waals surface area contributed by atoms with Gasteiger partial charge in [0.05, 0.1) is 22.0 Å². The number of halogens is 3. The fourth-order valence-corrected chi connectivity index (χ4v) is 6.54. The molecule has 176 valence electrons. The summed E-state index contributed by atoms with van der Waals surface area (Å²) >= 11 is 0. The first-order valence-corrected chi connectivity index (χ1v) is 13.2. The molecular weight excluding hydrogens is 477 g/mol. The van der Waals surface area contributed by atoms with Crippen molar-refractivity contribution in [2.45, 2.75) is 30.9 Å². The van der Waals surface area contributed by atoms with Crippen LogP contribution in [0.2, 0.25) is 0 Å². The number of nitrogens with one attached hydrogen (secondary N) is 1. The van der Waals surface area contributed by atoms with E-state index in [2.05, 4.69) is 4.72 Å². The summed E-state index contributed by atoms with van der Waals surface area (Å²) in [6.07, 6.45) is 2.78. The number of anilines is 2. The van der Waals surface area contributed by atoms with E-state index in [9.17, 15) is 30.0 Å². The van der Waals surface area contributed by atoms with Crippen LogP contribution in [0.3, 0.4) is 0 Å². The van der Waals surface area contributed by atoms with Crippen LogP contribution in [0.4, 0.5) is 24.5 Å². The maximum absolute atomic E-state index is 13.5. The zero-order chi connectivity index (χ0) is 23.9. The number of nitrogens with zero attached hydrogens (tertiary/aromatic N) is 1. The number of allylic oxidation sites excluding steroid dienone is 3. The van der Waals surface area contributed by atoms with E-state index in [1.165, 1.54) is 34.6 Å². The first-order chi connectivity index (χ1) is 15.5. The smallest absolute Gasteiger partial charge is 0.270 e. The van der Waals surface area contributed by atoms with Gasteiger partial charge in [0.1, 0.15) is 5.82 Å². The van der Waals surface area contributed by atoms with Gasteiger partial charge < -0.3 is 0 Å². The molecule has 0 unspecified atom stereocenters. The summed E-state index contributed by atoms with van der Waals surface area (Å²) in [6, 6.07) is 9.88. The molecule has 1 aliphatic heterocycles. The van der Waals surface area contributed by atoms with Gasteiger partial charge in [-0.15, -0.1) is 0 Å². The van der Waals surface area contributed by atoms with Crippen molar-refractivity contribution in [3.8, 4) is 0 Å². The second-order valence-corrected chi connectivity index (χ2v) is 11.5. The summed E-state index contributed by atoms with van der Waals surface area (Å²) in [6.45, 7) is 0.198. The van der Waals surface area contributed by atoms with Gasteiger partial charge in [-0.3, -0.25) is 9.03 Å². The minimum atomic E-state index is -4.14. The molecule has 0 bridgehead atoms. The van der Waals surface area contributed by atoms with Crippen LogP contribution in [0.1, 0.15) is 24.0 Å². The lowest BCUT2D eigenvalue weighted by molar-refractivity contribution is 0.0574. The van der Waals surface area contributed by atoms with E-state index in [0.29, 0.717) is 30.2 Å². The monoisotopic (exact) mass is 498 g/mol. The molecule has 4 rings (SSSR count). The minimum absolute atomic E-state index is 0.105. The van der Waals surface area contributed by atoms with E-state index in [4.69, 9.17) is 0 Å². The first-order valence-electron chi connectivity index (χ1n) is 10.1. The fraction of sp³-hybridized carbons (Fsp3) is 0.273. The van der Waals surface area contributed by atoms with E-state index in [1.54, 1.807) is 6.07 Å². The third-order valence-corrected chi connectivity index (χ3v) is 8.54. The molecule has 0 saturated heterocycles. The first kappa shape index (κ1) is 23.4. The van der Waals surface area contributed by atoms with Crippen LogP contribution in [-0.2, 0) is 32.2 Å². The van der Waals surface area contributed by atoms with Gasteiger partial charge in [0.2, 0.25) is 10.0 Å². The van der Waals surface area contributed by atoms with Gasteiger partial charge in [-0.2, -0.15) is 0 Å². The number of fused-ring (bicyclic) bond motifs is 1. The molecular formula is C22H21F3N2O4S2. The largest absolute Gasteiger partial charge is 0.280 e. The molecule has 1 N–H and O–H groups in total. The maximum atomic E-state index is 13.5. The second-order valence-electron chi connectivity index (χ2n) is 7.92. The van der Waals surface area contributed by atoms with E-state index in [0.717, 1.165) is 23.8 Å². The van der Waals surface area contributed by atoms with E-state index in [1.807, 2.05) is 0 Å². The number of aryl methyl sites for hydroxylation is 1. The highest BCUT2D eigenvalue weighted by molar-refractivity contribution is 7.96. The minimum Gasteiger partial charge on any atom is -0.280 e. The summed E-state index contributed by atoms with van der Waals surface area (Å²) in [7, 11) is -8.01. The third kappa shape index (κ3) is 5.25. The number of alkyl halides is 2. The van der Waals surface area contributed by atoms with Crippen LogP contribution >= 0.6 is 0 Å². The summed E-state index contributed by atoms with van der Waals surface area (Å²) in [5.74, 6) is -4.05. The lowest BCUT2D eigenvalue weighted by Gasteiger charge is -2.31. The maximum Gasteiger partial charge on any atom is 0.270 e. The summed E-state index contributed by atoms with van der Waals surface area (Å²) in [4.78, 5) is -0.290. The van der Waals surface area contributed by atoms with Crippen LogP contribution in [-0.4, -0.2) is 29.3 Å². The lowest BCUT2D eigenvalue weighted by atomic mass is 10.0. The molecule has 0 amide bonds. The Hall–Kier alpha value is -2.79. The van der Waals surface area contributed by atoms with Gasteiger partial charge in [-0.25, -0.2) is 30.0 Å². The lowest BCUT2D eigenvalue weighted by Crippen LogP contribution is -2.36. The standard InChI is InChI=1S/C22H21F3N2O4S2/c23-18-5-1-3-16(13-18)15-32(28,29)27-12-2-4-17-6-7-19(14-21(17)27)26-33(30,31)20-8-10-22(24,25)11-9-20/h1,3,5-10,13-14,26H,2,4,11-12,15H2. The summed E-state index contributed by atoms with van der Waals surface area (Å²) in [5.41, 5.74) is 1.46. The van der Waals surface area contributed by atoms with Gasteiger partial charge >= 0.3 is 0 Å². The number of sulfonamides is 2. The molecule has 0 fully saturated rings. The summed E-state index contributed by atoms with van der Waals surface area (Å²) < 4.78 is 95.1. The van der Waals surface area contributed by atoms with E-state index in [-0.39, 0.29) is 17.1 Å². The molecule has 2 aliphatic rings. The van der Waals surface area contributed by atoms with Crippen LogP contribution in [0.25, 0.3) is 0 Å². The van der Waals surface area contributed by atoms with Gasteiger partial charge in [0, 0.05) is 13.0 Å². The molecule has 11 heteroatoms. The van der Waals surface area contributed by atoms with Crippen molar-refractivity contribution in [3.05, 3.63) is 82.5 Å². The highest BCUT2D eigenvalue weighted by atomic mass is 32.2. The molecule has 0 spiro atoms. The van der Waals surface area contributed by atoms with Gasteiger partial charge in [0.25, 0.3) is 15.9 Å². The van der Waals surface area contributed by atoms with Crippen molar-refractivity contribution in [2.24, 2.45) is 0 Å². The number of benzene rings is 2. The van der Waals surface area contributed by atoms with E-state index < -0.39 is 44.0 Å². The number of rotatable bonds is 6. The molecule has 1 heterocycles. The quantitative estimate of drug-likeness (QED) is 0.643. The Morgan fingerprint density at radius 2 is 1.85 bits per heavy atom. The highest BCUT2D eigenvalue weighted by Crippen LogP contribution is 2.34. The van der Waals surface area contributed by atoms with Crippen molar-refractivity contribution in [1.82, 2.24) is 0 Å². The van der Waals surface area contributed by atoms with Crippen molar-refractivity contribution < 1.29 is 30.0 Å². The predicted octanol–water partition coefficient (Wildman–Crippen LogP) is 4.33. The molecule has 0 radical (unpaired) electrons. The van der Waals surface area contributed by atoms with Crippen LogP contribution < -0.4 is 9.03 Å². The predicted molar refractivity (Wildman–Crippen MR) is 120 cm³/mol. The number of hydrogen-bond donors (Lipinski definition) is 1. The zero-order valence-corrected chi connectivity index (χ0v) is 19.0. The SMILES string of the molecule is O=S(=O)(Nc1ccc2c(c1)N(S(=O)(=O)Cc1cccc(F)c1)CCC2)C1=CCC(F)(F)C=C1. The highest BCUT2D eigenvalue weighted by Gasteiger charge is 2.31. The fourth-order valence-electron chi connectivity index (χ4n) is 3.80. The molecule has 0 atom stereocenters. The van der Waals surface area contributed by atoms with Crippen molar-refractivity contribution in [2.75, 3.05) is 15.6 Å². The van der Waals surface area contributed by atoms with Crippen molar-refractivity contribution >= 4 is 31.4 Å². The Labute approximate surface area is 190 Å².